The Kier molecular flexibility index (Phi) is 4.16. The van der Waals surface area contributed by atoms with Crippen molar-refractivity contribution in [3.63, 3.8) is 0 Å². The fraction of sp³-hybridized carbons (Fsp3) is 0.250. The minimum atomic E-state index is -4.71. The number of alkyl halides is 3. The maximum Gasteiger partial charge on any atom is 0.417 e. The minimum Gasteiger partial charge on any atom is -0.303 e. The molecule has 0 N–H and O–H groups in total. The number of halogens is 3. The topological polar surface area (TPSA) is 47.3 Å². The fourth-order valence-electron chi connectivity index (χ4n) is 3.73. The molecule has 0 bridgehead atoms. The highest BCUT2D eigenvalue weighted by atomic mass is 32.1. The average molecular weight is 400 g/mol. The normalized spacial score (nSPS) is 18.4. The largest absolute Gasteiger partial charge is 0.417 e. The number of nitriles is 1. The average Bonchev–Trinajstić information content (AvgIpc) is 2.88. The molecule has 1 amide bonds. The zero-order valence-corrected chi connectivity index (χ0v) is 15.3. The van der Waals surface area contributed by atoms with Gasteiger partial charge in [0, 0.05) is 5.69 Å². The molecule has 2 aliphatic rings. The Morgan fingerprint density at radius 3 is 2.50 bits per heavy atom. The van der Waals surface area contributed by atoms with Crippen LogP contribution in [0.4, 0.5) is 24.5 Å². The fourth-order valence-corrected chi connectivity index (χ4v) is 4.20. The molecule has 8 heteroatoms. The van der Waals surface area contributed by atoms with Gasteiger partial charge in [0.25, 0.3) is 5.91 Å². The smallest absolute Gasteiger partial charge is 0.303 e. The molecule has 1 heterocycles. The number of thiocarbonyl (C=S) groups is 1. The monoisotopic (exact) mass is 400 g/mol. The molecule has 2 aromatic rings. The van der Waals surface area contributed by atoms with Gasteiger partial charge in [0.1, 0.15) is 5.54 Å². The van der Waals surface area contributed by atoms with Crippen LogP contribution >= 0.6 is 12.2 Å². The molecule has 1 saturated carbocycles. The van der Waals surface area contributed by atoms with Crippen molar-refractivity contribution in [2.45, 2.75) is 31.0 Å². The molecule has 141 valence electrons. The molecule has 4 rings (SSSR count). The molecular formula is C20H13F3N3OS. The van der Waals surface area contributed by atoms with Gasteiger partial charge in [-0.05, 0) is 67.9 Å². The third-order valence-corrected chi connectivity index (χ3v) is 5.59. The Morgan fingerprint density at radius 2 is 1.96 bits per heavy atom. The van der Waals surface area contributed by atoms with Crippen molar-refractivity contribution in [2.75, 3.05) is 9.80 Å². The maximum atomic E-state index is 13.4. The summed E-state index contributed by atoms with van der Waals surface area (Å²) in [6.45, 7) is 0. The first kappa shape index (κ1) is 18.4. The van der Waals surface area contributed by atoms with Gasteiger partial charge in [0.2, 0.25) is 0 Å². The summed E-state index contributed by atoms with van der Waals surface area (Å²) in [7, 11) is 0. The highest BCUT2D eigenvalue weighted by Gasteiger charge is 2.59. The molecule has 1 aliphatic heterocycles. The molecule has 2 fully saturated rings. The molecule has 0 atom stereocenters. The van der Waals surface area contributed by atoms with Crippen LogP contribution < -0.4 is 9.80 Å². The van der Waals surface area contributed by atoms with E-state index in [-0.39, 0.29) is 16.7 Å². The van der Waals surface area contributed by atoms with Gasteiger partial charge in [-0.25, -0.2) is 0 Å². The van der Waals surface area contributed by atoms with E-state index in [1.54, 1.807) is 35.2 Å². The van der Waals surface area contributed by atoms with Crippen LogP contribution in [0.1, 0.15) is 30.4 Å². The van der Waals surface area contributed by atoms with E-state index >= 15 is 0 Å². The lowest BCUT2D eigenvalue weighted by Crippen LogP contribution is -2.55. The van der Waals surface area contributed by atoms with Crippen LogP contribution in [0.5, 0.6) is 0 Å². The number of carbonyl (C=O) groups is 1. The third-order valence-electron chi connectivity index (χ3n) is 5.23. The zero-order valence-electron chi connectivity index (χ0n) is 14.5. The molecular weight excluding hydrogens is 387 g/mol. The van der Waals surface area contributed by atoms with Crippen molar-refractivity contribution in [3.05, 3.63) is 59.7 Å². The number of benzene rings is 2. The number of nitrogens with zero attached hydrogens (tertiary/aromatic N) is 3. The summed E-state index contributed by atoms with van der Waals surface area (Å²) in [5.41, 5.74) is -1.78. The Labute approximate surface area is 164 Å². The number of anilines is 2. The number of rotatable bonds is 2. The summed E-state index contributed by atoms with van der Waals surface area (Å²) >= 11 is 5.52. The number of amides is 1. The Bertz CT molecular complexity index is 1010. The summed E-state index contributed by atoms with van der Waals surface area (Å²) in [6.07, 6.45) is -2.75. The van der Waals surface area contributed by atoms with Crippen LogP contribution in [0.2, 0.25) is 0 Å². The van der Waals surface area contributed by atoms with Gasteiger partial charge in [-0.2, -0.15) is 18.4 Å². The van der Waals surface area contributed by atoms with Crippen molar-refractivity contribution in [1.82, 2.24) is 0 Å². The van der Waals surface area contributed by atoms with E-state index in [4.69, 9.17) is 17.5 Å². The highest BCUT2D eigenvalue weighted by molar-refractivity contribution is 7.81. The Hall–Kier alpha value is -2.92. The Morgan fingerprint density at radius 1 is 1.21 bits per heavy atom. The predicted octanol–water partition coefficient (Wildman–Crippen LogP) is 4.44. The second kappa shape index (κ2) is 6.31. The van der Waals surface area contributed by atoms with Crippen LogP contribution in [0.15, 0.2) is 42.5 Å². The van der Waals surface area contributed by atoms with Crippen LogP contribution in [-0.2, 0) is 11.0 Å². The summed E-state index contributed by atoms with van der Waals surface area (Å²) < 4.78 is 40.1. The molecule has 1 saturated heterocycles. The molecule has 0 unspecified atom stereocenters. The molecule has 2 aromatic carbocycles. The maximum absolute atomic E-state index is 13.4. The highest BCUT2D eigenvalue weighted by Crippen LogP contribution is 2.48. The van der Waals surface area contributed by atoms with E-state index < -0.39 is 22.8 Å². The SMILES string of the molecule is N#Cc1ccc(N2C(=O)C3(CCC3)N(c3c[c]ccc3)C2=S)cc1C(F)(F)F. The minimum absolute atomic E-state index is 0.00927. The van der Waals surface area contributed by atoms with Crippen molar-refractivity contribution in [1.29, 1.82) is 5.26 Å². The summed E-state index contributed by atoms with van der Waals surface area (Å²) in [4.78, 5) is 16.1. The van der Waals surface area contributed by atoms with E-state index in [0.717, 1.165) is 23.5 Å². The van der Waals surface area contributed by atoms with Gasteiger partial charge in [0.15, 0.2) is 5.11 Å². The van der Waals surface area contributed by atoms with Gasteiger partial charge in [-0.1, -0.05) is 12.1 Å². The quantitative estimate of drug-likeness (QED) is 0.700. The van der Waals surface area contributed by atoms with E-state index in [9.17, 15) is 18.0 Å². The van der Waals surface area contributed by atoms with E-state index in [2.05, 4.69) is 6.07 Å². The standard InChI is InChI=1S/C20H13F3N3OS/c21-20(22,23)16-11-15(8-7-13(16)12-24)25-17(27)19(9-4-10-19)26(18(25)28)14-5-2-1-3-6-14/h1-2,5-8,11H,4,9-10H2. The van der Waals surface area contributed by atoms with Gasteiger partial charge in [-0.15, -0.1) is 0 Å². The third kappa shape index (κ3) is 2.58. The van der Waals surface area contributed by atoms with Gasteiger partial charge in [0.05, 0.1) is 22.9 Å². The molecule has 1 radical (unpaired) electrons. The molecule has 4 nitrogen and oxygen atoms in total. The van der Waals surface area contributed by atoms with Crippen molar-refractivity contribution in [2.24, 2.45) is 0 Å². The van der Waals surface area contributed by atoms with Crippen LogP contribution in [0, 0.1) is 17.4 Å². The van der Waals surface area contributed by atoms with Gasteiger partial charge in [-0.3, -0.25) is 9.69 Å². The summed E-state index contributed by atoms with van der Waals surface area (Å²) in [5, 5.41) is 9.12. The lowest BCUT2D eigenvalue weighted by atomic mass is 9.75. The van der Waals surface area contributed by atoms with Crippen molar-refractivity contribution >= 4 is 34.6 Å². The molecule has 0 aromatic heterocycles. The van der Waals surface area contributed by atoms with Crippen LogP contribution in [0.25, 0.3) is 0 Å². The van der Waals surface area contributed by atoms with Gasteiger partial charge >= 0.3 is 6.18 Å². The zero-order chi connectivity index (χ0) is 20.1. The first-order chi connectivity index (χ1) is 13.3. The van der Waals surface area contributed by atoms with Crippen molar-refractivity contribution in [3.8, 4) is 6.07 Å². The number of carbonyl (C=O) groups excluding carboxylic acids is 1. The predicted molar refractivity (Wildman–Crippen MR) is 101 cm³/mol. The number of hydrogen-bond acceptors (Lipinski definition) is 3. The molecule has 1 spiro atoms. The molecule has 28 heavy (non-hydrogen) atoms. The van der Waals surface area contributed by atoms with Crippen LogP contribution in [-0.4, -0.2) is 16.6 Å². The summed E-state index contributed by atoms with van der Waals surface area (Å²) in [5.74, 6) is -0.342. The Balaban J connectivity index is 1.83. The lowest BCUT2D eigenvalue weighted by molar-refractivity contribution is -0.137. The van der Waals surface area contributed by atoms with Crippen molar-refractivity contribution < 1.29 is 18.0 Å². The second-order valence-corrected chi connectivity index (χ2v) is 7.11. The van der Waals surface area contributed by atoms with Crippen LogP contribution in [0.3, 0.4) is 0 Å². The van der Waals surface area contributed by atoms with E-state index in [0.29, 0.717) is 18.5 Å². The van der Waals surface area contributed by atoms with E-state index in [1.807, 2.05) is 0 Å². The first-order valence-electron chi connectivity index (χ1n) is 8.56. The second-order valence-electron chi connectivity index (χ2n) is 6.74. The molecule has 1 aliphatic carbocycles. The van der Waals surface area contributed by atoms with E-state index in [1.165, 1.54) is 6.07 Å². The number of hydrogen-bond donors (Lipinski definition) is 0. The van der Waals surface area contributed by atoms with Gasteiger partial charge < -0.3 is 4.90 Å². The lowest BCUT2D eigenvalue weighted by Gasteiger charge is -2.43. The summed E-state index contributed by atoms with van der Waals surface area (Å²) in [6, 6.07) is 14.7. The first-order valence-corrected chi connectivity index (χ1v) is 8.97.